The van der Waals surface area contributed by atoms with Gasteiger partial charge in [-0.05, 0) is 125 Å². The van der Waals surface area contributed by atoms with Crippen LogP contribution >= 0.6 is 0 Å². The van der Waals surface area contributed by atoms with E-state index < -0.39 is 0 Å². The number of benzene rings is 9. The molecule has 0 amide bonds. The van der Waals surface area contributed by atoms with Crippen LogP contribution in [-0.4, -0.2) is 4.98 Å². The summed E-state index contributed by atoms with van der Waals surface area (Å²) in [6.07, 6.45) is 0. The third-order valence-corrected chi connectivity index (χ3v) is 11.9. The molecule has 1 heterocycles. The van der Waals surface area contributed by atoms with E-state index in [2.05, 4.69) is 178 Å². The summed E-state index contributed by atoms with van der Waals surface area (Å²) in [5.41, 5.74) is 17.4. The highest BCUT2D eigenvalue weighted by atomic mass is 16.3. The molecule has 2 nitrogen and oxygen atoms in total. The molecule has 0 unspecified atom stereocenters. The van der Waals surface area contributed by atoms with Crippen molar-refractivity contribution in [2.45, 2.75) is 19.3 Å². The Labute approximate surface area is 326 Å². The third kappa shape index (κ3) is 5.07. The van der Waals surface area contributed by atoms with E-state index >= 15 is 0 Å². The lowest BCUT2D eigenvalue weighted by Crippen LogP contribution is -2.14. The van der Waals surface area contributed by atoms with Crippen LogP contribution in [0.5, 0.6) is 0 Å². The molecule has 1 aliphatic rings. The molecule has 9 aromatic carbocycles. The molecule has 10 aromatic rings. The van der Waals surface area contributed by atoms with Gasteiger partial charge in [-0.25, -0.2) is 4.98 Å². The van der Waals surface area contributed by atoms with Crippen molar-refractivity contribution in [1.82, 2.24) is 4.98 Å². The number of fused-ring (bicyclic) bond motifs is 6. The Bertz CT molecular complexity index is 3080. The summed E-state index contributed by atoms with van der Waals surface area (Å²) in [5.74, 6) is 0.623. The number of hydrogen-bond donors (Lipinski definition) is 0. The predicted octanol–water partition coefficient (Wildman–Crippen LogP) is 14.8. The highest BCUT2D eigenvalue weighted by Gasteiger charge is 2.36. The van der Waals surface area contributed by atoms with Crippen LogP contribution in [0.15, 0.2) is 192 Å². The zero-order chi connectivity index (χ0) is 37.4. The van der Waals surface area contributed by atoms with Crippen molar-refractivity contribution in [3.8, 4) is 67.1 Å². The third-order valence-electron chi connectivity index (χ3n) is 11.9. The summed E-state index contributed by atoms with van der Waals surface area (Å²) in [6, 6.07) is 68.1. The summed E-state index contributed by atoms with van der Waals surface area (Å²) >= 11 is 0. The molecule has 0 spiro atoms. The van der Waals surface area contributed by atoms with Gasteiger partial charge >= 0.3 is 0 Å². The second-order valence-electron chi connectivity index (χ2n) is 15.5. The summed E-state index contributed by atoms with van der Waals surface area (Å²) in [7, 11) is 0. The topological polar surface area (TPSA) is 26.0 Å². The van der Waals surface area contributed by atoms with Crippen LogP contribution in [0.2, 0.25) is 0 Å². The average molecular weight is 716 g/mol. The second-order valence-corrected chi connectivity index (χ2v) is 15.5. The molecule has 0 bridgehead atoms. The summed E-state index contributed by atoms with van der Waals surface area (Å²) in [4.78, 5) is 4.94. The molecule has 0 N–H and O–H groups in total. The van der Waals surface area contributed by atoms with Gasteiger partial charge in [0.15, 0.2) is 5.58 Å². The van der Waals surface area contributed by atoms with Crippen molar-refractivity contribution in [2.75, 3.05) is 0 Å². The number of aromatic nitrogens is 1. The predicted molar refractivity (Wildman–Crippen MR) is 234 cm³/mol. The lowest BCUT2D eigenvalue weighted by Gasteiger charge is -2.24. The molecule has 0 radical (unpaired) electrons. The molecular weight excluding hydrogens is 679 g/mol. The maximum atomic E-state index is 6.38. The minimum atomic E-state index is -0.152. The van der Waals surface area contributed by atoms with E-state index in [1.54, 1.807) is 0 Å². The molecule has 0 fully saturated rings. The van der Waals surface area contributed by atoms with Crippen LogP contribution in [0.1, 0.15) is 25.0 Å². The van der Waals surface area contributed by atoms with E-state index in [1.807, 2.05) is 24.3 Å². The first-order valence-corrected chi connectivity index (χ1v) is 19.4. The van der Waals surface area contributed by atoms with Crippen LogP contribution in [0.3, 0.4) is 0 Å². The lowest BCUT2D eigenvalue weighted by molar-refractivity contribution is 0.620. The van der Waals surface area contributed by atoms with Crippen LogP contribution < -0.4 is 0 Å². The molecule has 0 aliphatic heterocycles. The van der Waals surface area contributed by atoms with Crippen LogP contribution in [0.25, 0.3) is 99.7 Å². The van der Waals surface area contributed by atoms with E-state index in [0.717, 1.165) is 16.7 Å². The van der Waals surface area contributed by atoms with Gasteiger partial charge in [0.2, 0.25) is 5.89 Å². The number of rotatable bonds is 5. The van der Waals surface area contributed by atoms with Crippen molar-refractivity contribution < 1.29 is 4.42 Å². The van der Waals surface area contributed by atoms with Gasteiger partial charge in [-0.3, -0.25) is 0 Å². The molecule has 264 valence electrons. The van der Waals surface area contributed by atoms with Crippen molar-refractivity contribution in [3.05, 3.63) is 199 Å². The molecule has 11 rings (SSSR count). The monoisotopic (exact) mass is 715 g/mol. The highest BCUT2D eigenvalue weighted by molar-refractivity contribution is 6.23. The van der Waals surface area contributed by atoms with Gasteiger partial charge in [0.1, 0.15) is 5.52 Å². The first-order valence-electron chi connectivity index (χ1n) is 19.4. The molecule has 1 aromatic heterocycles. The smallest absolute Gasteiger partial charge is 0.227 e. The van der Waals surface area contributed by atoms with Gasteiger partial charge in [0.05, 0.1) is 0 Å². The number of nitrogens with zero attached hydrogens (tertiary/aromatic N) is 1. The lowest BCUT2D eigenvalue weighted by atomic mass is 9.79. The minimum absolute atomic E-state index is 0.152. The average Bonchev–Trinajstić information content (AvgIpc) is 3.79. The minimum Gasteiger partial charge on any atom is -0.436 e. The molecule has 1 aliphatic carbocycles. The van der Waals surface area contributed by atoms with E-state index in [0.29, 0.717) is 5.89 Å². The molecular formula is C54H37NO. The Morgan fingerprint density at radius 1 is 0.375 bits per heavy atom. The first-order chi connectivity index (χ1) is 27.5. The van der Waals surface area contributed by atoms with Crippen molar-refractivity contribution in [2.24, 2.45) is 0 Å². The van der Waals surface area contributed by atoms with E-state index in [1.165, 1.54) is 88.3 Å². The number of hydrogen-bond acceptors (Lipinski definition) is 2. The van der Waals surface area contributed by atoms with E-state index in [-0.39, 0.29) is 5.41 Å². The van der Waals surface area contributed by atoms with Crippen LogP contribution in [0, 0.1) is 0 Å². The Morgan fingerprint density at radius 2 is 0.875 bits per heavy atom. The molecule has 0 atom stereocenters. The van der Waals surface area contributed by atoms with Gasteiger partial charge in [0.25, 0.3) is 0 Å². The van der Waals surface area contributed by atoms with Crippen molar-refractivity contribution in [3.63, 3.8) is 0 Å². The Kier molecular flexibility index (Phi) is 7.24. The van der Waals surface area contributed by atoms with Gasteiger partial charge in [-0.2, -0.15) is 0 Å². The largest absolute Gasteiger partial charge is 0.436 e. The molecule has 2 heteroatoms. The van der Waals surface area contributed by atoms with Gasteiger partial charge in [-0.1, -0.05) is 166 Å². The Hall–Kier alpha value is -7.03. The van der Waals surface area contributed by atoms with Crippen molar-refractivity contribution in [1.29, 1.82) is 0 Å². The van der Waals surface area contributed by atoms with Crippen molar-refractivity contribution >= 4 is 32.6 Å². The zero-order valence-electron chi connectivity index (χ0n) is 31.3. The fourth-order valence-corrected chi connectivity index (χ4v) is 9.09. The highest BCUT2D eigenvalue weighted by Crippen LogP contribution is 2.53. The van der Waals surface area contributed by atoms with E-state index in [4.69, 9.17) is 9.40 Å². The normalized spacial score (nSPS) is 13.0. The summed E-state index contributed by atoms with van der Waals surface area (Å²) in [5, 5.41) is 4.84. The van der Waals surface area contributed by atoms with Crippen LogP contribution in [0.4, 0.5) is 0 Å². The van der Waals surface area contributed by atoms with Crippen LogP contribution in [-0.2, 0) is 5.41 Å². The quantitative estimate of drug-likeness (QED) is 0.166. The fraction of sp³-hybridized carbons (Fsp3) is 0.0556. The number of oxazole rings is 1. The molecule has 56 heavy (non-hydrogen) atoms. The standard InChI is InChI=1S/C54H37NO/c1-54(2)47-18-10-9-17-41(47)43-32-45-46(33-48(43)54)52(39-27-23-37(24-28-39)35-15-7-4-8-16-35)44-31-40(53-55-49-19-11-12-20-50(49)56-53)29-30-42(44)51(45)38-25-21-36(22-26-38)34-13-5-3-6-14-34/h3-33H,1-2H3. The summed E-state index contributed by atoms with van der Waals surface area (Å²) < 4.78 is 6.38. The van der Waals surface area contributed by atoms with Gasteiger partial charge in [0, 0.05) is 11.0 Å². The molecule has 0 saturated carbocycles. The van der Waals surface area contributed by atoms with Gasteiger partial charge in [-0.15, -0.1) is 0 Å². The maximum Gasteiger partial charge on any atom is 0.227 e. The Morgan fingerprint density at radius 3 is 1.54 bits per heavy atom. The number of para-hydroxylation sites is 2. The Balaban J connectivity index is 1.24. The molecule has 0 saturated heterocycles. The fourth-order valence-electron chi connectivity index (χ4n) is 9.09. The maximum absolute atomic E-state index is 6.38. The second kappa shape index (κ2) is 12.5. The van der Waals surface area contributed by atoms with Gasteiger partial charge < -0.3 is 4.42 Å². The zero-order valence-corrected chi connectivity index (χ0v) is 31.3. The van der Waals surface area contributed by atoms with E-state index in [9.17, 15) is 0 Å². The summed E-state index contributed by atoms with van der Waals surface area (Å²) in [6.45, 7) is 4.74. The first kappa shape index (κ1) is 32.4. The SMILES string of the molecule is CC1(C)c2ccccc2-c2cc3c(-c4ccc(-c5ccccc5)cc4)c4ccc(-c5nc6ccccc6o5)cc4c(-c4ccc(-c5ccccc5)cc4)c3cc21.